The van der Waals surface area contributed by atoms with E-state index in [9.17, 15) is 4.39 Å². The summed E-state index contributed by atoms with van der Waals surface area (Å²) < 4.78 is 32.0. The molecule has 4 aromatic heterocycles. The molecule has 0 amide bonds. The number of nitrogens with zero attached hydrogens (tertiary/aromatic N) is 6. The van der Waals surface area contributed by atoms with Gasteiger partial charge in [0.15, 0.2) is 5.65 Å². The predicted molar refractivity (Wildman–Crippen MR) is 144 cm³/mol. The molecule has 2 bridgehead atoms. The molecule has 39 heavy (non-hydrogen) atoms. The van der Waals surface area contributed by atoms with Crippen LogP contribution in [0.1, 0.15) is 6.42 Å². The van der Waals surface area contributed by atoms with Gasteiger partial charge in [-0.3, -0.25) is 10.1 Å². The Morgan fingerprint density at radius 3 is 2.59 bits per heavy atom. The standard InChI is InChI=1S/C29H22F2N8/c30-23-4-3-20(22-14-35-36-28(22)23)26-27(16-5-8-32-9-6-16)37-39-25(7-10-33-29(26)39)21-2-1-18(12-24(21)31)38-15-17-11-19(38)13-34-17/h1-10,12,14,17,19,34H,11,13,15H2,(H,35,36)/t17-,19-/m0/s1. The van der Waals surface area contributed by atoms with Crippen LogP contribution >= 0.6 is 0 Å². The summed E-state index contributed by atoms with van der Waals surface area (Å²) in [5.74, 6) is -0.719. The molecule has 6 heterocycles. The minimum absolute atomic E-state index is 0.302. The second kappa shape index (κ2) is 8.40. The number of hydrogen-bond acceptors (Lipinski definition) is 6. The number of anilines is 1. The van der Waals surface area contributed by atoms with Gasteiger partial charge in [0.25, 0.3) is 0 Å². The lowest BCUT2D eigenvalue weighted by atomic mass is 9.98. The van der Waals surface area contributed by atoms with Crippen molar-refractivity contribution in [1.29, 1.82) is 0 Å². The van der Waals surface area contributed by atoms with Crippen LogP contribution in [0.4, 0.5) is 14.5 Å². The van der Waals surface area contributed by atoms with Crippen molar-refractivity contribution in [3.8, 4) is 33.6 Å². The van der Waals surface area contributed by atoms with Crippen LogP contribution < -0.4 is 10.2 Å². The Morgan fingerprint density at radius 2 is 1.79 bits per heavy atom. The molecule has 6 aromatic rings. The number of pyridine rings is 1. The molecule has 2 N–H and O–H groups in total. The molecule has 0 unspecified atom stereocenters. The summed E-state index contributed by atoms with van der Waals surface area (Å²) >= 11 is 0. The lowest BCUT2D eigenvalue weighted by Crippen LogP contribution is -2.43. The van der Waals surface area contributed by atoms with E-state index in [1.807, 2.05) is 24.3 Å². The van der Waals surface area contributed by atoms with Gasteiger partial charge in [0.2, 0.25) is 0 Å². The zero-order chi connectivity index (χ0) is 26.1. The van der Waals surface area contributed by atoms with Crippen molar-refractivity contribution in [2.24, 2.45) is 0 Å². The molecule has 0 spiro atoms. The fraction of sp³-hybridized carbons (Fsp3) is 0.172. The third kappa shape index (κ3) is 3.38. The SMILES string of the molecule is Fc1cc(N2C[C@@H]3C[C@H]2CN3)ccc1-c1ccnc2c(-c3ccc(F)c4[nH]ncc34)c(-c3ccncc3)nn12. The first kappa shape index (κ1) is 22.3. The van der Waals surface area contributed by atoms with Gasteiger partial charge in [-0.1, -0.05) is 6.07 Å². The zero-order valence-electron chi connectivity index (χ0n) is 20.6. The molecule has 8 rings (SSSR count). The van der Waals surface area contributed by atoms with Gasteiger partial charge in [-0.05, 0) is 54.4 Å². The molecular weight excluding hydrogens is 498 g/mol. The fourth-order valence-corrected chi connectivity index (χ4v) is 6.10. The molecule has 2 aliphatic rings. The molecule has 0 aliphatic carbocycles. The maximum Gasteiger partial charge on any atom is 0.164 e. The molecule has 0 radical (unpaired) electrons. The van der Waals surface area contributed by atoms with Crippen molar-refractivity contribution in [2.45, 2.75) is 18.5 Å². The van der Waals surface area contributed by atoms with Crippen molar-refractivity contribution in [2.75, 3.05) is 18.0 Å². The number of hydrogen-bond donors (Lipinski definition) is 2. The van der Waals surface area contributed by atoms with Crippen LogP contribution in [0.5, 0.6) is 0 Å². The van der Waals surface area contributed by atoms with Gasteiger partial charge in [-0.25, -0.2) is 18.3 Å². The number of fused-ring (bicyclic) bond motifs is 4. The number of rotatable bonds is 4. The first-order chi connectivity index (χ1) is 19.2. The normalized spacial score (nSPS) is 18.6. The van der Waals surface area contributed by atoms with E-state index in [0.29, 0.717) is 51.1 Å². The number of aromatic amines is 1. The average molecular weight is 521 g/mol. The first-order valence-electron chi connectivity index (χ1n) is 12.9. The van der Waals surface area contributed by atoms with Crippen LogP contribution in [-0.4, -0.2) is 55.0 Å². The molecule has 2 fully saturated rings. The maximum atomic E-state index is 15.8. The predicted octanol–water partition coefficient (Wildman–Crippen LogP) is 4.83. The van der Waals surface area contributed by atoms with Gasteiger partial charge in [-0.15, -0.1) is 0 Å². The molecule has 192 valence electrons. The minimum Gasteiger partial charge on any atom is -0.366 e. The highest BCUT2D eigenvalue weighted by atomic mass is 19.1. The Hall–Kier alpha value is -4.70. The van der Waals surface area contributed by atoms with E-state index in [-0.39, 0.29) is 5.82 Å². The summed E-state index contributed by atoms with van der Waals surface area (Å²) in [6.45, 7) is 1.82. The number of nitrogens with one attached hydrogen (secondary N) is 2. The largest absolute Gasteiger partial charge is 0.366 e. The number of piperazine rings is 1. The van der Waals surface area contributed by atoms with Gasteiger partial charge in [0.05, 0.1) is 17.5 Å². The van der Waals surface area contributed by atoms with E-state index in [0.717, 1.165) is 36.3 Å². The summed E-state index contributed by atoms with van der Waals surface area (Å²) in [7, 11) is 0. The molecule has 0 saturated carbocycles. The van der Waals surface area contributed by atoms with Gasteiger partial charge in [-0.2, -0.15) is 10.2 Å². The highest BCUT2D eigenvalue weighted by molar-refractivity contribution is 6.03. The maximum absolute atomic E-state index is 15.8. The molecular formula is C29H22F2N8. The van der Waals surface area contributed by atoms with E-state index < -0.39 is 5.82 Å². The summed E-state index contributed by atoms with van der Waals surface area (Å²) in [5, 5.41) is 15.8. The molecule has 2 atom stereocenters. The van der Waals surface area contributed by atoms with E-state index in [1.165, 1.54) is 6.07 Å². The summed E-state index contributed by atoms with van der Waals surface area (Å²) in [6.07, 6.45) is 7.72. The molecule has 10 heteroatoms. The second-order valence-electron chi connectivity index (χ2n) is 10.1. The molecule has 2 aliphatic heterocycles. The Bertz CT molecular complexity index is 1880. The van der Waals surface area contributed by atoms with Crippen LogP contribution in [0.25, 0.3) is 50.2 Å². The first-order valence-corrected chi connectivity index (χ1v) is 12.9. The van der Waals surface area contributed by atoms with Gasteiger partial charge in [0, 0.05) is 66.0 Å². The van der Waals surface area contributed by atoms with Gasteiger partial charge < -0.3 is 10.2 Å². The van der Waals surface area contributed by atoms with Gasteiger partial charge in [0.1, 0.15) is 22.8 Å². The monoisotopic (exact) mass is 520 g/mol. The van der Waals surface area contributed by atoms with E-state index >= 15 is 4.39 Å². The Morgan fingerprint density at radius 1 is 0.923 bits per heavy atom. The van der Waals surface area contributed by atoms with Crippen molar-refractivity contribution in [3.05, 3.63) is 85.0 Å². The third-order valence-corrected chi connectivity index (χ3v) is 7.92. The minimum atomic E-state index is -0.397. The van der Waals surface area contributed by atoms with Crippen LogP contribution in [0.15, 0.2) is 73.3 Å². The second-order valence-corrected chi connectivity index (χ2v) is 10.1. The Kier molecular flexibility index (Phi) is 4.80. The van der Waals surface area contributed by atoms with Crippen molar-refractivity contribution in [3.63, 3.8) is 0 Å². The van der Waals surface area contributed by atoms with Crippen LogP contribution in [0.3, 0.4) is 0 Å². The topological polar surface area (TPSA) is 87.0 Å². The lowest BCUT2D eigenvalue weighted by Gasteiger charge is -2.29. The van der Waals surface area contributed by atoms with Crippen molar-refractivity contribution >= 4 is 22.2 Å². The highest BCUT2D eigenvalue weighted by Gasteiger charge is 2.37. The van der Waals surface area contributed by atoms with Crippen molar-refractivity contribution in [1.82, 2.24) is 35.1 Å². The smallest absolute Gasteiger partial charge is 0.164 e. The van der Waals surface area contributed by atoms with E-state index in [4.69, 9.17) is 5.10 Å². The Labute approximate surface area is 221 Å². The van der Waals surface area contributed by atoms with Crippen LogP contribution in [-0.2, 0) is 0 Å². The number of H-pyrrole nitrogens is 1. The number of benzene rings is 2. The Balaban J connectivity index is 1.33. The summed E-state index contributed by atoms with van der Waals surface area (Å²) in [5.41, 5.74) is 5.58. The number of halogens is 2. The van der Waals surface area contributed by atoms with E-state index in [2.05, 4.69) is 30.4 Å². The zero-order valence-corrected chi connectivity index (χ0v) is 20.6. The van der Waals surface area contributed by atoms with Crippen LogP contribution in [0.2, 0.25) is 0 Å². The van der Waals surface area contributed by atoms with Crippen molar-refractivity contribution < 1.29 is 8.78 Å². The highest BCUT2D eigenvalue weighted by Crippen LogP contribution is 2.40. The summed E-state index contributed by atoms with van der Waals surface area (Å²) in [6, 6.07) is 14.9. The number of aromatic nitrogens is 6. The molecule has 8 nitrogen and oxygen atoms in total. The molecule has 2 saturated heterocycles. The fourth-order valence-electron chi connectivity index (χ4n) is 6.10. The van der Waals surface area contributed by atoms with Gasteiger partial charge >= 0.3 is 0 Å². The van der Waals surface area contributed by atoms with E-state index in [1.54, 1.807) is 47.5 Å². The third-order valence-electron chi connectivity index (χ3n) is 7.92. The summed E-state index contributed by atoms with van der Waals surface area (Å²) in [4.78, 5) is 11.1. The quantitative estimate of drug-likeness (QED) is 0.346. The average Bonchev–Trinajstić information content (AvgIpc) is 3.77. The van der Waals surface area contributed by atoms with Crippen LogP contribution in [0, 0.1) is 11.6 Å². The lowest BCUT2D eigenvalue weighted by molar-refractivity contribution is 0.577. The molecule has 2 aromatic carbocycles.